The molecule has 1 aromatic rings. The van der Waals surface area contributed by atoms with Gasteiger partial charge in [-0.05, 0) is 30.0 Å². The van der Waals surface area contributed by atoms with Crippen LogP contribution in [0.15, 0.2) is 18.2 Å². The normalized spacial score (nSPS) is 17.6. The van der Waals surface area contributed by atoms with Crippen molar-refractivity contribution in [2.24, 2.45) is 11.7 Å². The van der Waals surface area contributed by atoms with Crippen LogP contribution in [0.3, 0.4) is 0 Å². The van der Waals surface area contributed by atoms with Crippen LogP contribution in [0.4, 0.5) is 0 Å². The van der Waals surface area contributed by atoms with Crippen molar-refractivity contribution in [1.82, 2.24) is 0 Å². The molecule has 94 valence electrons. The SMILES string of the molecule is CCCC(C)C(N)c1ccc2c(c1)OCCO2. The Labute approximate surface area is 103 Å². The smallest absolute Gasteiger partial charge is 0.161 e. The average molecular weight is 235 g/mol. The van der Waals surface area contributed by atoms with Crippen LogP contribution < -0.4 is 15.2 Å². The molecular weight excluding hydrogens is 214 g/mol. The van der Waals surface area contributed by atoms with Crippen molar-refractivity contribution in [2.75, 3.05) is 13.2 Å². The predicted molar refractivity (Wildman–Crippen MR) is 68.4 cm³/mol. The van der Waals surface area contributed by atoms with Gasteiger partial charge in [-0.3, -0.25) is 0 Å². The summed E-state index contributed by atoms with van der Waals surface area (Å²) in [6, 6.07) is 6.10. The maximum atomic E-state index is 6.26. The molecule has 1 aromatic carbocycles. The summed E-state index contributed by atoms with van der Waals surface area (Å²) in [5.41, 5.74) is 7.40. The Morgan fingerprint density at radius 2 is 1.94 bits per heavy atom. The van der Waals surface area contributed by atoms with Crippen LogP contribution in [0.1, 0.15) is 38.3 Å². The molecule has 0 bridgehead atoms. The second-order valence-electron chi connectivity index (χ2n) is 4.69. The molecule has 0 amide bonds. The molecule has 0 aromatic heterocycles. The number of ether oxygens (including phenoxy) is 2. The molecule has 0 saturated carbocycles. The molecule has 1 heterocycles. The Morgan fingerprint density at radius 3 is 2.65 bits per heavy atom. The lowest BCUT2D eigenvalue weighted by molar-refractivity contribution is 0.171. The monoisotopic (exact) mass is 235 g/mol. The fourth-order valence-corrected chi connectivity index (χ4v) is 2.23. The molecule has 17 heavy (non-hydrogen) atoms. The van der Waals surface area contributed by atoms with E-state index in [1.807, 2.05) is 18.2 Å². The van der Waals surface area contributed by atoms with E-state index in [1.165, 1.54) is 6.42 Å². The highest BCUT2D eigenvalue weighted by Crippen LogP contribution is 2.34. The van der Waals surface area contributed by atoms with Gasteiger partial charge in [-0.25, -0.2) is 0 Å². The van der Waals surface area contributed by atoms with E-state index < -0.39 is 0 Å². The van der Waals surface area contributed by atoms with Crippen LogP contribution in [0.25, 0.3) is 0 Å². The van der Waals surface area contributed by atoms with E-state index in [0.29, 0.717) is 19.1 Å². The first-order chi connectivity index (χ1) is 8.22. The van der Waals surface area contributed by atoms with Crippen LogP contribution in [-0.2, 0) is 0 Å². The Kier molecular flexibility index (Phi) is 3.89. The maximum absolute atomic E-state index is 6.26. The third kappa shape index (κ3) is 2.72. The summed E-state index contributed by atoms with van der Waals surface area (Å²) < 4.78 is 11.1. The largest absolute Gasteiger partial charge is 0.486 e. The lowest BCUT2D eigenvalue weighted by atomic mass is 9.91. The second-order valence-corrected chi connectivity index (χ2v) is 4.69. The number of fused-ring (bicyclic) bond motifs is 1. The first-order valence-electron chi connectivity index (χ1n) is 6.37. The standard InChI is InChI=1S/C14H21NO2/c1-3-4-10(2)14(15)11-5-6-12-13(9-11)17-8-7-16-12/h5-6,9-10,14H,3-4,7-8,15H2,1-2H3. The van der Waals surface area contributed by atoms with Gasteiger partial charge in [0.1, 0.15) is 13.2 Å². The zero-order valence-electron chi connectivity index (χ0n) is 10.6. The van der Waals surface area contributed by atoms with E-state index in [-0.39, 0.29) is 6.04 Å². The minimum atomic E-state index is 0.0748. The quantitative estimate of drug-likeness (QED) is 0.872. The average Bonchev–Trinajstić information content (AvgIpc) is 2.37. The molecule has 3 nitrogen and oxygen atoms in total. The highest BCUT2D eigenvalue weighted by Gasteiger charge is 2.18. The fraction of sp³-hybridized carbons (Fsp3) is 0.571. The summed E-state index contributed by atoms with van der Waals surface area (Å²) in [4.78, 5) is 0. The third-order valence-electron chi connectivity index (χ3n) is 3.31. The van der Waals surface area contributed by atoms with Crippen molar-refractivity contribution < 1.29 is 9.47 Å². The maximum Gasteiger partial charge on any atom is 0.161 e. The third-order valence-corrected chi connectivity index (χ3v) is 3.31. The first-order valence-corrected chi connectivity index (χ1v) is 6.37. The molecule has 0 spiro atoms. The molecule has 0 fully saturated rings. The molecule has 0 saturated heterocycles. The summed E-state index contributed by atoms with van der Waals surface area (Å²) in [6.45, 7) is 5.64. The minimum absolute atomic E-state index is 0.0748. The van der Waals surface area contributed by atoms with Crippen LogP contribution >= 0.6 is 0 Å². The van der Waals surface area contributed by atoms with Gasteiger partial charge in [0.15, 0.2) is 11.5 Å². The summed E-state index contributed by atoms with van der Waals surface area (Å²) in [6.07, 6.45) is 2.31. The number of benzene rings is 1. The number of hydrogen-bond donors (Lipinski definition) is 1. The van der Waals surface area contributed by atoms with Crippen molar-refractivity contribution >= 4 is 0 Å². The molecule has 0 aliphatic carbocycles. The Bertz CT molecular complexity index is 378. The molecule has 1 aliphatic rings. The summed E-state index contributed by atoms with van der Waals surface area (Å²) in [7, 11) is 0. The Morgan fingerprint density at radius 1 is 1.24 bits per heavy atom. The van der Waals surface area contributed by atoms with Gasteiger partial charge in [-0.2, -0.15) is 0 Å². The summed E-state index contributed by atoms with van der Waals surface area (Å²) in [5.74, 6) is 2.14. The first kappa shape index (κ1) is 12.2. The number of hydrogen-bond acceptors (Lipinski definition) is 3. The van der Waals surface area contributed by atoms with Gasteiger partial charge < -0.3 is 15.2 Å². The van der Waals surface area contributed by atoms with Crippen LogP contribution in [0.5, 0.6) is 11.5 Å². The van der Waals surface area contributed by atoms with E-state index in [4.69, 9.17) is 15.2 Å². The fourth-order valence-electron chi connectivity index (χ4n) is 2.23. The van der Waals surface area contributed by atoms with Gasteiger partial charge in [0, 0.05) is 6.04 Å². The summed E-state index contributed by atoms with van der Waals surface area (Å²) in [5, 5.41) is 0. The van der Waals surface area contributed by atoms with Crippen molar-refractivity contribution in [3.05, 3.63) is 23.8 Å². The van der Waals surface area contributed by atoms with Crippen molar-refractivity contribution in [2.45, 2.75) is 32.7 Å². The van der Waals surface area contributed by atoms with Crippen LogP contribution in [-0.4, -0.2) is 13.2 Å². The van der Waals surface area contributed by atoms with E-state index in [9.17, 15) is 0 Å². The van der Waals surface area contributed by atoms with Gasteiger partial charge in [-0.15, -0.1) is 0 Å². The van der Waals surface area contributed by atoms with Gasteiger partial charge in [0.05, 0.1) is 0 Å². The molecule has 2 atom stereocenters. The molecule has 0 radical (unpaired) electrons. The van der Waals surface area contributed by atoms with E-state index >= 15 is 0 Å². The van der Waals surface area contributed by atoms with Crippen LogP contribution in [0.2, 0.25) is 0 Å². The van der Waals surface area contributed by atoms with Crippen molar-refractivity contribution in [1.29, 1.82) is 0 Å². The molecule has 2 unspecified atom stereocenters. The zero-order chi connectivity index (χ0) is 12.3. The molecule has 3 heteroatoms. The van der Waals surface area contributed by atoms with E-state index in [2.05, 4.69) is 13.8 Å². The highest BCUT2D eigenvalue weighted by molar-refractivity contribution is 5.44. The van der Waals surface area contributed by atoms with Gasteiger partial charge in [0.2, 0.25) is 0 Å². The number of nitrogens with two attached hydrogens (primary N) is 1. The Hall–Kier alpha value is -1.22. The van der Waals surface area contributed by atoms with Gasteiger partial charge in [0.25, 0.3) is 0 Å². The summed E-state index contributed by atoms with van der Waals surface area (Å²) >= 11 is 0. The van der Waals surface area contributed by atoms with Crippen LogP contribution in [0, 0.1) is 5.92 Å². The van der Waals surface area contributed by atoms with E-state index in [0.717, 1.165) is 23.5 Å². The van der Waals surface area contributed by atoms with Crippen molar-refractivity contribution in [3.63, 3.8) is 0 Å². The minimum Gasteiger partial charge on any atom is -0.486 e. The molecule has 2 N–H and O–H groups in total. The molecule has 1 aliphatic heterocycles. The van der Waals surface area contributed by atoms with Gasteiger partial charge in [-0.1, -0.05) is 26.3 Å². The van der Waals surface area contributed by atoms with E-state index in [1.54, 1.807) is 0 Å². The number of rotatable bonds is 4. The lowest BCUT2D eigenvalue weighted by Gasteiger charge is -2.23. The lowest BCUT2D eigenvalue weighted by Crippen LogP contribution is -2.20. The molecule has 2 rings (SSSR count). The highest BCUT2D eigenvalue weighted by atomic mass is 16.6. The predicted octanol–water partition coefficient (Wildman–Crippen LogP) is 2.89. The molecular formula is C14H21NO2. The topological polar surface area (TPSA) is 44.5 Å². The Balaban J connectivity index is 2.15. The zero-order valence-corrected chi connectivity index (χ0v) is 10.6. The van der Waals surface area contributed by atoms with Gasteiger partial charge >= 0.3 is 0 Å². The van der Waals surface area contributed by atoms with Crippen molar-refractivity contribution in [3.8, 4) is 11.5 Å². The second kappa shape index (κ2) is 5.41.